The predicted molar refractivity (Wildman–Crippen MR) is 78.1 cm³/mol. The summed E-state index contributed by atoms with van der Waals surface area (Å²) in [5, 5.41) is 3.75. The molecule has 2 atom stereocenters. The van der Waals surface area contributed by atoms with E-state index in [1.807, 2.05) is 6.20 Å². The fourth-order valence-corrected chi connectivity index (χ4v) is 3.42. The lowest BCUT2D eigenvalue weighted by Crippen LogP contribution is -2.31. The number of nitrogens with zero attached hydrogens (tertiary/aromatic N) is 2. The van der Waals surface area contributed by atoms with E-state index >= 15 is 0 Å². The molecule has 0 spiro atoms. The number of fused-ring (bicyclic) bond motifs is 1. The van der Waals surface area contributed by atoms with Gasteiger partial charge >= 0.3 is 0 Å². The van der Waals surface area contributed by atoms with Gasteiger partial charge in [-0.15, -0.1) is 0 Å². The fraction of sp³-hybridized carbons (Fsp3) is 0.688. The highest BCUT2D eigenvalue weighted by Gasteiger charge is 2.27. The molecule has 19 heavy (non-hydrogen) atoms. The average Bonchev–Trinajstić information content (AvgIpc) is 3.03. The summed E-state index contributed by atoms with van der Waals surface area (Å²) in [5.74, 6) is 0.815. The van der Waals surface area contributed by atoms with Gasteiger partial charge in [0.1, 0.15) is 0 Å². The molecule has 2 heterocycles. The van der Waals surface area contributed by atoms with Crippen molar-refractivity contribution in [1.82, 2.24) is 15.2 Å². The first-order chi connectivity index (χ1) is 9.24. The van der Waals surface area contributed by atoms with Crippen LogP contribution in [0.5, 0.6) is 0 Å². The zero-order valence-electron chi connectivity index (χ0n) is 12.1. The highest BCUT2D eigenvalue weighted by atomic mass is 15.2. The third kappa shape index (κ3) is 2.82. The molecule has 3 heteroatoms. The van der Waals surface area contributed by atoms with Crippen LogP contribution in [0.3, 0.4) is 0 Å². The maximum Gasteiger partial charge on any atom is 0.0605 e. The van der Waals surface area contributed by atoms with E-state index in [0.717, 1.165) is 12.5 Å². The number of pyridine rings is 1. The number of likely N-dealkylation sites (tertiary alicyclic amines) is 1. The number of hydrogen-bond donors (Lipinski definition) is 1. The lowest BCUT2D eigenvalue weighted by Gasteiger charge is -2.21. The van der Waals surface area contributed by atoms with Gasteiger partial charge in [0.25, 0.3) is 0 Å². The summed E-state index contributed by atoms with van der Waals surface area (Å²) < 4.78 is 0. The Balaban J connectivity index is 1.52. The Morgan fingerprint density at radius 1 is 1.42 bits per heavy atom. The average molecular weight is 259 g/mol. The largest absolute Gasteiger partial charge is 0.308 e. The number of aryl methyl sites for hydroxylation is 1. The number of rotatable bonds is 4. The van der Waals surface area contributed by atoms with Crippen LogP contribution in [0.2, 0.25) is 0 Å². The first-order valence-electron chi connectivity index (χ1n) is 7.65. The van der Waals surface area contributed by atoms with Crippen molar-refractivity contribution in [2.24, 2.45) is 5.92 Å². The van der Waals surface area contributed by atoms with E-state index < -0.39 is 0 Å². The van der Waals surface area contributed by atoms with Gasteiger partial charge in [0.15, 0.2) is 0 Å². The van der Waals surface area contributed by atoms with Gasteiger partial charge in [-0.25, -0.2) is 0 Å². The van der Waals surface area contributed by atoms with Crippen LogP contribution in [0, 0.1) is 5.92 Å². The molecule has 2 aliphatic rings. The molecule has 0 saturated carbocycles. The molecule has 3 nitrogen and oxygen atoms in total. The highest BCUT2D eigenvalue weighted by molar-refractivity contribution is 5.27. The van der Waals surface area contributed by atoms with Crippen molar-refractivity contribution in [3.63, 3.8) is 0 Å². The van der Waals surface area contributed by atoms with Crippen LogP contribution in [-0.4, -0.2) is 35.6 Å². The zero-order chi connectivity index (χ0) is 13.2. The van der Waals surface area contributed by atoms with E-state index in [1.165, 1.54) is 43.6 Å². The second-order valence-electron chi connectivity index (χ2n) is 6.29. The van der Waals surface area contributed by atoms with Crippen molar-refractivity contribution in [1.29, 1.82) is 0 Å². The molecule has 1 N–H and O–H groups in total. The SMILES string of the molecule is CC(C)N1CCC(CNC2CCc3cccnc32)C1. The van der Waals surface area contributed by atoms with Crippen LogP contribution in [0.4, 0.5) is 0 Å². The topological polar surface area (TPSA) is 28.2 Å². The highest BCUT2D eigenvalue weighted by Crippen LogP contribution is 2.29. The maximum absolute atomic E-state index is 4.56. The van der Waals surface area contributed by atoms with Crippen molar-refractivity contribution in [3.8, 4) is 0 Å². The van der Waals surface area contributed by atoms with Crippen LogP contribution < -0.4 is 5.32 Å². The van der Waals surface area contributed by atoms with Gasteiger partial charge in [0.2, 0.25) is 0 Å². The molecule has 1 aliphatic heterocycles. The molecular weight excluding hydrogens is 234 g/mol. The summed E-state index contributed by atoms with van der Waals surface area (Å²) in [7, 11) is 0. The Labute approximate surface area is 116 Å². The minimum Gasteiger partial charge on any atom is -0.308 e. The Morgan fingerprint density at radius 3 is 3.11 bits per heavy atom. The second kappa shape index (κ2) is 5.59. The summed E-state index contributed by atoms with van der Waals surface area (Å²) in [6.45, 7) is 8.26. The molecule has 1 saturated heterocycles. The quantitative estimate of drug-likeness (QED) is 0.900. The van der Waals surface area contributed by atoms with E-state index in [9.17, 15) is 0 Å². The van der Waals surface area contributed by atoms with Crippen molar-refractivity contribution >= 4 is 0 Å². The normalized spacial score (nSPS) is 27.1. The Morgan fingerprint density at radius 2 is 2.32 bits per heavy atom. The van der Waals surface area contributed by atoms with Gasteiger partial charge in [-0.3, -0.25) is 4.98 Å². The smallest absolute Gasteiger partial charge is 0.0605 e. The minimum absolute atomic E-state index is 0.490. The lowest BCUT2D eigenvalue weighted by atomic mass is 10.1. The van der Waals surface area contributed by atoms with Crippen LogP contribution in [0.25, 0.3) is 0 Å². The van der Waals surface area contributed by atoms with Crippen molar-refractivity contribution in [2.45, 2.75) is 45.2 Å². The lowest BCUT2D eigenvalue weighted by molar-refractivity contribution is 0.262. The summed E-state index contributed by atoms with van der Waals surface area (Å²) >= 11 is 0. The van der Waals surface area contributed by atoms with E-state index in [1.54, 1.807) is 0 Å². The third-order valence-corrected chi connectivity index (χ3v) is 4.66. The zero-order valence-corrected chi connectivity index (χ0v) is 12.1. The van der Waals surface area contributed by atoms with Gasteiger partial charge in [-0.05, 0) is 63.7 Å². The molecule has 0 amide bonds. The summed E-state index contributed by atoms with van der Waals surface area (Å²) in [5.41, 5.74) is 2.73. The standard InChI is InChI=1S/C16H25N3/c1-12(2)19-9-7-13(11-19)10-18-15-6-5-14-4-3-8-17-16(14)15/h3-4,8,12-13,15,18H,5-7,9-11H2,1-2H3. The number of nitrogens with one attached hydrogen (secondary N) is 1. The fourth-order valence-electron chi connectivity index (χ4n) is 3.42. The molecular formula is C16H25N3. The van der Waals surface area contributed by atoms with E-state index in [-0.39, 0.29) is 0 Å². The van der Waals surface area contributed by atoms with Gasteiger partial charge in [-0.2, -0.15) is 0 Å². The monoisotopic (exact) mass is 259 g/mol. The van der Waals surface area contributed by atoms with Crippen molar-refractivity contribution in [3.05, 3.63) is 29.6 Å². The Bertz CT molecular complexity index is 430. The maximum atomic E-state index is 4.56. The van der Waals surface area contributed by atoms with E-state index in [4.69, 9.17) is 0 Å². The predicted octanol–water partition coefficient (Wildman–Crippen LogP) is 2.39. The molecule has 2 unspecified atom stereocenters. The molecule has 1 aromatic rings. The first kappa shape index (κ1) is 13.1. The summed E-state index contributed by atoms with van der Waals surface area (Å²) in [4.78, 5) is 7.15. The van der Waals surface area contributed by atoms with Gasteiger partial charge in [-0.1, -0.05) is 6.07 Å². The third-order valence-electron chi connectivity index (χ3n) is 4.66. The van der Waals surface area contributed by atoms with Gasteiger partial charge in [0, 0.05) is 18.8 Å². The van der Waals surface area contributed by atoms with E-state index in [2.05, 4.69) is 41.2 Å². The second-order valence-corrected chi connectivity index (χ2v) is 6.29. The number of hydrogen-bond acceptors (Lipinski definition) is 3. The van der Waals surface area contributed by atoms with Crippen LogP contribution in [0.1, 0.15) is 44.0 Å². The molecule has 1 aromatic heterocycles. The van der Waals surface area contributed by atoms with Crippen LogP contribution in [-0.2, 0) is 6.42 Å². The molecule has 0 bridgehead atoms. The van der Waals surface area contributed by atoms with Crippen molar-refractivity contribution in [2.75, 3.05) is 19.6 Å². The van der Waals surface area contributed by atoms with Crippen LogP contribution in [0.15, 0.2) is 18.3 Å². The molecule has 1 aliphatic carbocycles. The molecule has 0 radical (unpaired) electrons. The van der Waals surface area contributed by atoms with Gasteiger partial charge in [0.05, 0.1) is 11.7 Å². The van der Waals surface area contributed by atoms with Gasteiger partial charge < -0.3 is 10.2 Å². The Hall–Kier alpha value is -0.930. The van der Waals surface area contributed by atoms with E-state index in [0.29, 0.717) is 12.1 Å². The number of aromatic nitrogens is 1. The molecule has 1 fully saturated rings. The molecule has 0 aromatic carbocycles. The Kier molecular flexibility index (Phi) is 3.85. The minimum atomic E-state index is 0.490. The van der Waals surface area contributed by atoms with Crippen molar-refractivity contribution < 1.29 is 0 Å². The summed E-state index contributed by atoms with van der Waals surface area (Å²) in [6, 6.07) is 5.46. The molecule has 3 rings (SSSR count). The summed E-state index contributed by atoms with van der Waals surface area (Å²) in [6.07, 6.45) is 5.67. The van der Waals surface area contributed by atoms with Crippen LogP contribution >= 0.6 is 0 Å². The molecule has 104 valence electrons. The first-order valence-corrected chi connectivity index (χ1v) is 7.65.